The van der Waals surface area contributed by atoms with Crippen molar-refractivity contribution in [2.75, 3.05) is 32.7 Å². The van der Waals surface area contributed by atoms with E-state index in [0.29, 0.717) is 50.4 Å². The van der Waals surface area contributed by atoms with Crippen molar-refractivity contribution >= 4 is 58.2 Å². The average Bonchev–Trinajstić information content (AvgIpc) is 3.09. The number of hydrogen-bond acceptors (Lipinski definition) is 5. The van der Waals surface area contributed by atoms with E-state index in [4.69, 9.17) is 4.98 Å². The van der Waals surface area contributed by atoms with Crippen LogP contribution < -0.4 is 0 Å². The van der Waals surface area contributed by atoms with Crippen LogP contribution in [0.25, 0.3) is 22.2 Å². The van der Waals surface area contributed by atoms with Crippen molar-refractivity contribution in [1.29, 1.82) is 0 Å². The van der Waals surface area contributed by atoms with Crippen LogP contribution in [-0.4, -0.2) is 111 Å². The first-order valence-corrected chi connectivity index (χ1v) is 16.5. The van der Waals surface area contributed by atoms with E-state index < -0.39 is 17.8 Å². The summed E-state index contributed by atoms with van der Waals surface area (Å²) in [5.41, 5.74) is 4.65. The Labute approximate surface area is 299 Å². The molecule has 1 aliphatic carbocycles. The number of para-hydroxylation sites is 1. The minimum atomic E-state index is -1.23. The van der Waals surface area contributed by atoms with Crippen molar-refractivity contribution in [3.8, 4) is 11.3 Å². The summed E-state index contributed by atoms with van der Waals surface area (Å²) in [7, 11) is 0. The second kappa shape index (κ2) is 16.0. The van der Waals surface area contributed by atoms with Crippen LogP contribution in [0.4, 0.5) is 0 Å². The van der Waals surface area contributed by atoms with Gasteiger partial charge in [0, 0.05) is 61.8 Å². The van der Waals surface area contributed by atoms with Gasteiger partial charge in [-0.1, -0.05) is 98.1 Å². The molecule has 6 rings (SSSR count). The average molecular weight is 643 g/mol. The number of nitrogens with zero attached hydrogens (tertiary/aromatic N) is 4. The van der Waals surface area contributed by atoms with Crippen LogP contribution in [-0.2, 0) is 16.1 Å². The molecule has 1 aromatic heterocycles. The van der Waals surface area contributed by atoms with Crippen LogP contribution in [0.3, 0.4) is 0 Å². The number of fused-ring (bicyclic) bond motifs is 1. The van der Waals surface area contributed by atoms with Crippen molar-refractivity contribution in [2.45, 2.75) is 57.5 Å². The number of carboxylic acids is 1. The Morgan fingerprint density at radius 1 is 0.851 bits per heavy atom. The van der Waals surface area contributed by atoms with Gasteiger partial charge in [-0.3, -0.25) is 19.3 Å². The van der Waals surface area contributed by atoms with Crippen LogP contribution in [0.5, 0.6) is 0 Å². The van der Waals surface area contributed by atoms with Gasteiger partial charge in [-0.2, -0.15) is 0 Å². The van der Waals surface area contributed by atoms with E-state index in [1.807, 2.05) is 60.7 Å². The van der Waals surface area contributed by atoms with Crippen molar-refractivity contribution in [3.05, 3.63) is 102 Å². The molecule has 1 unspecified atom stereocenters. The van der Waals surface area contributed by atoms with Crippen LogP contribution >= 0.6 is 0 Å². The zero-order valence-electron chi connectivity index (χ0n) is 26.5. The summed E-state index contributed by atoms with van der Waals surface area (Å²) in [6.45, 7) is 5.14. The van der Waals surface area contributed by atoms with Crippen molar-refractivity contribution in [1.82, 2.24) is 19.7 Å². The standard InChI is InChI=1S/C38H42N4O4.Na.H/c1-2-42(29-18-10-5-11-19-29)37(44)34-30-20-12-13-21-32(30)39-35(28-16-8-4-9-17-28)31(34)26-40-22-24-41(25-23-40)36(43)33(38(45)46)27-14-6-3-7-15-27;;/h3-4,6-9,12-17,20-21,29,33H,2,5,10-11,18-19,22-26H2,1H3,(H,45,46);;. The molecule has 2 amide bonds. The van der Waals surface area contributed by atoms with E-state index in [9.17, 15) is 19.5 Å². The van der Waals surface area contributed by atoms with E-state index in [1.54, 1.807) is 29.2 Å². The summed E-state index contributed by atoms with van der Waals surface area (Å²) in [4.78, 5) is 51.5. The number of hydrogen-bond donors (Lipinski definition) is 1. The third-order valence-electron chi connectivity index (χ3n) is 9.56. The quantitative estimate of drug-likeness (QED) is 0.190. The molecule has 0 radical (unpaired) electrons. The first-order chi connectivity index (χ1) is 22.5. The van der Waals surface area contributed by atoms with Crippen molar-refractivity contribution in [2.24, 2.45) is 0 Å². The van der Waals surface area contributed by atoms with Crippen molar-refractivity contribution in [3.63, 3.8) is 0 Å². The Hall–Kier alpha value is -3.56. The summed E-state index contributed by atoms with van der Waals surface area (Å²) in [6, 6.07) is 26.9. The number of amides is 2. The number of benzene rings is 3. The minimum absolute atomic E-state index is 0. The summed E-state index contributed by atoms with van der Waals surface area (Å²) in [6.07, 6.45) is 5.56. The molecule has 0 spiro atoms. The molecule has 1 saturated carbocycles. The van der Waals surface area contributed by atoms with Crippen LogP contribution in [0, 0.1) is 0 Å². The van der Waals surface area contributed by atoms with E-state index in [2.05, 4.69) is 16.7 Å². The predicted octanol–water partition coefficient (Wildman–Crippen LogP) is 5.56. The van der Waals surface area contributed by atoms with Gasteiger partial charge in [0.2, 0.25) is 5.91 Å². The Bertz CT molecular complexity index is 1690. The molecule has 9 heteroatoms. The fourth-order valence-corrected chi connectivity index (χ4v) is 7.16. The molecule has 2 heterocycles. The first-order valence-electron chi connectivity index (χ1n) is 16.5. The molecule has 2 fully saturated rings. The summed E-state index contributed by atoms with van der Waals surface area (Å²) < 4.78 is 0. The Morgan fingerprint density at radius 3 is 2.11 bits per heavy atom. The molecule has 0 bridgehead atoms. The van der Waals surface area contributed by atoms with Gasteiger partial charge in [0.1, 0.15) is 0 Å². The zero-order chi connectivity index (χ0) is 32.0. The van der Waals surface area contributed by atoms with Crippen LogP contribution in [0.2, 0.25) is 0 Å². The Balaban J connectivity index is 0.00000433. The van der Waals surface area contributed by atoms with Gasteiger partial charge in [0.05, 0.1) is 16.8 Å². The van der Waals surface area contributed by atoms with Gasteiger partial charge in [0.15, 0.2) is 5.92 Å². The second-order valence-electron chi connectivity index (χ2n) is 12.4. The molecule has 2 aliphatic rings. The SMILES string of the molecule is CCN(C(=O)c1c(CN2CCN(C(=O)C(C(=O)O)c3ccccc3)CC2)c(-c2ccccc2)nc2ccccc12)C1CCCCC1.[NaH]. The molecule has 240 valence electrons. The topological polar surface area (TPSA) is 94.1 Å². The zero-order valence-corrected chi connectivity index (χ0v) is 26.5. The number of rotatable bonds is 9. The molecule has 1 saturated heterocycles. The van der Waals surface area contributed by atoms with E-state index in [-0.39, 0.29) is 41.5 Å². The Kier molecular flexibility index (Phi) is 11.9. The summed E-state index contributed by atoms with van der Waals surface area (Å²) in [5.74, 6) is -2.71. The predicted molar refractivity (Wildman–Crippen MR) is 187 cm³/mol. The monoisotopic (exact) mass is 642 g/mol. The van der Waals surface area contributed by atoms with E-state index in [1.165, 1.54) is 6.42 Å². The molecule has 3 aromatic carbocycles. The van der Waals surface area contributed by atoms with Gasteiger partial charge in [-0.25, -0.2) is 4.98 Å². The maximum atomic E-state index is 14.7. The molecule has 1 atom stereocenters. The summed E-state index contributed by atoms with van der Waals surface area (Å²) in [5, 5.41) is 10.8. The number of aliphatic carboxylic acids is 1. The molecule has 1 aliphatic heterocycles. The molecular formula is C38H43N4NaO4. The van der Waals surface area contributed by atoms with E-state index >= 15 is 0 Å². The number of piperazine rings is 1. The van der Waals surface area contributed by atoms with Gasteiger partial charge < -0.3 is 14.9 Å². The van der Waals surface area contributed by atoms with Gasteiger partial charge in [0.25, 0.3) is 5.91 Å². The number of carbonyl (C=O) groups excluding carboxylic acids is 2. The first kappa shape index (κ1) is 34.8. The molecule has 1 N–H and O–H groups in total. The molecular weight excluding hydrogens is 599 g/mol. The van der Waals surface area contributed by atoms with Gasteiger partial charge in [-0.15, -0.1) is 0 Å². The molecule has 47 heavy (non-hydrogen) atoms. The maximum absolute atomic E-state index is 14.7. The normalized spacial score (nSPS) is 16.3. The Morgan fingerprint density at radius 2 is 1.47 bits per heavy atom. The van der Waals surface area contributed by atoms with E-state index in [0.717, 1.165) is 53.4 Å². The summed E-state index contributed by atoms with van der Waals surface area (Å²) >= 11 is 0. The molecule has 8 nitrogen and oxygen atoms in total. The number of carboxylic acid groups (broad SMARTS) is 1. The van der Waals surface area contributed by atoms with Crippen LogP contribution in [0.1, 0.15) is 66.4 Å². The fraction of sp³-hybridized carbons (Fsp3) is 0.368. The second-order valence-corrected chi connectivity index (χ2v) is 12.4. The number of pyridine rings is 1. The van der Waals surface area contributed by atoms with Gasteiger partial charge in [-0.05, 0) is 31.4 Å². The third-order valence-corrected chi connectivity index (χ3v) is 9.56. The van der Waals surface area contributed by atoms with Crippen molar-refractivity contribution < 1.29 is 19.5 Å². The third kappa shape index (κ3) is 7.62. The number of carbonyl (C=O) groups is 3. The molecule has 4 aromatic rings. The van der Waals surface area contributed by atoms with Crippen LogP contribution in [0.15, 0.2) is 84.9 Å². The fourth-order valence-electron chi connectivity index (χ4n) is 7.16. The number of aromatic nitrogens is 1. The van der Waals surface area contributed by atoms with Gasteiger partial charge >= 0.3 is 35.5 Å².